The van der Waals surface area contributed by atoms with E-state index in [0.29, 0.717) is 6.04 Å². The number of rotatable bonds is 6. The van der Waals surface area contributed by atoms with Crippen LogP contribution in [0.1, 0.15) is 24.0 Å². The molecular weight excluding hydrogens is 347 g/mol. The number of nitrogens with one attached hydrogen (secondary N) is 1. The van der Waals surface area contributed by atoms with E-state index in [1.165, 1.54) is 36.1 Å². The van der Waals surface area contributed by atoms with Gasteiger partial charge in [-0.3, -0.25) is 4.90 Å². The van der Waals surface area contributed by atoms with Gasteiger partial charge < -0.3 is 5.32 Å². The van der Waals surface area contributed by atoms with Crippen molar-refractivity contribution < 1.29 is 4.39 Å². The van der Waals surface area contributed by atoms with Crippen LogP contribution < -0.4 is 5.32 Å². The topological polar surface area (TPSA) is 15.3 Å². The Balaban J connectivity index is 1.23. The molecule has 0 spiro atoms. The van der Waals surface area contributed by atoms with Crippen molar-refractivity contribution in [3.63, 3.8) is 0 Å². The summed E-state index contributed by atoms with van der Waals surface area (Å²) in [5, 5.41) is 3.71. The molecule has 1 N–H and O–H groups in total. The molecule has 1 aliphatic rings. The molecule has 28 heavy (non-hydrogen) atoms. The van der Waals surface area contributed by atoms with Crippen molar-refractivity contribution >= 4 is 0 Å². The standard InChI is InChI=1S/C25H27FN2/c26-24-12-10-23(11-13-24)22-8-6-20(7-9-22)18-27-25-14-16-28(17-15-25)19-21-4-2-1-3-5-21/h1-13,25,27H,14-19H2. The maximum Gasteiger partial charge on any atom is 0.123 e. The Morgan fingerprint density at radius 3 is 2.00 bits per heavy atom. The molecule has 0 atom stereocenters. The van der Waals surface area contributed by atoms with E-state index in [1.807, 2.05) is 12.1 Å². The number of halogens is 1. The fourth-order valence-corrected chi connectivity index (χ4v) is 3.86. The van der Waals surface area contributed by atoms with Crippen molar-refractivity contribution in [2.24, 2.45) is 0 Å². The van der Waals surface area contributed by atoms with Gasteiger partial charge in [-0.05, 0) is 60.3 Å². The summed E-state index contributed by atoms with van der Waals surface area (Å²) in [6.45, 7) is 4.25. The van der Waals surface area contributed by atoms with E-state index in [1.54, 1.807) is 0 Å². The smallest absolute Gasteiger partial charge is 0.123 e. The summed E-state index contributed by atoms with van der Waals surface area (Å²) in [5.41, 5.74) is 4.86. The zero-order valence-electron chi connectivity index (χ0n) is 16.2. The molecule has 0 saturated carbocycles. The van der Waals surface area contributed by atoms with Gasteiger partial charge in [0.05, 0.1) is 0 Å². The number of hydrogen-bond acceptors (Lipinski definition) is 2. The van der Waals surface area contributed by atoms with Crippen LogP contribution in [0.5, 0.6) is 0 Å². The Morgan fingerprint density at radius 2 is 1.36 bits per heavy atom. The summed E-state index contributed by atoms with van der Waals surface area (Å²) in [6, 6.07) is 26.5. The molecule has 3 aromatic rings. The summed E-state index contributed by atoms with van der Waals surface area (Å²) >= 11 is 0. The predicted molar refractivity (Wildman–Crippen MR) is 113 cm³/mol. The number of piperidine rings is 1. The Kier molecular flexibility index (Phi) is 6.15. The quantitative estimate of drug-likeness (QED) is 0.634. The van der Waals surface area contributed by atoms with Crippen LogP contribution in [0.15, 0.2) is 78.9 Å². The molecule has 0 radical (unpaired) electrons. The van der Waals surface area contributed by atoms with E-state index in [0.717, 1.165) is 37.3 Å². The van der Waals surface area contributed by atoms with Crippen LogP contribution in [-0.2, 0) is 13.1 Å². The van der Waals surface area contributed by atoms with E-state index < -0.39 is 0 Å². The first-order chi connectivity index (χ1) is 13.8. The first-order valence-electron chi connectivity index (χ1n) is 10.1. The second-order valence-corrected chi connectivity index (χ2v) is 7.62. The second kappa shape index (κ2) is 9.13. The average Bonchev–Trinajstić information content (AvgIpc) is 2.75. The van der Waals surface area contributed by atoms with Gasteiger partial charge in [-0.25, -0.2) is 4.39 Å². The highest BCUT2D eigenvalue weighted by Crippen LogP contribution is 2.20. The van der Waals surface area contributed by atoms with Crippen LogP contribution >= 0.6 is 0 Å². The molecule has 3 aromatic carbocycles. The van der Waals surface area contributed by atoms with Gasteiger partial charge in [0.2, 0.25) is 0 Å². The Labute approximate surface area is 167 Å². The van der Waals surface area contributed by atoms with Crippen LogP contribution in [0.4, 0.5) is 4.39 Å². The normalized spacial score (nSPS) is 15.6. The maximum absolute atomic E-state index is 13.1. The molecular formula is C25H27FN2. The molecule has 0 aromatic heterocycles. The summed E-state index contributed by atoms with van der Waals surface area (Å²) in [5.74, 6) is -0.195. The summed E-state index contributed by atoms with van der Waals surface area (Å²) in [4.78, 5) is 2.55. The largest absolute Gasteiger partial charge is 0.310 e. The Hall–Kier alpha value is -2.49. The molecule has 0 amide bonds. The zero-order chi connectivity index (χ0) is 19.2. The number of nitrogens with zero attached hydrogens (tertiary/aromatic N) is 1. The van der Waals surface area contributed by atoms with Gasteiger partial charge in [-0.1, -0.05) is 66.7 Å². The van der Waals surface area contributed by atoms with Gasteiger partial charge in [0, 0.05) is 19.1 Å². The van der Waals surface area contributed by atoms with Crippen molar-refractivity contribution in [1.82, 2.24) is 10.2 Å². The molecule has 4 rings (SSSR count). The summed E-state index contributed by atoms with van der Waals surface area (Å²) < 4.78 is 13.1. The molecule has 3 heteroatoms. The first kappa shape index (κ1) is 18.9. The number of benzene rings is 3. The molecule has 144 valence electrons. The SMILES string of the molecule is Fc1ccc(-c2ccc(CNC3CCN(Cc4ccccc4)CC3)cc2)cc1. The van der Waals surface area contributed by atoms with E-state index >= 15 is 0 Å². The van der Waals surface area contributed by atoms with Crippen molar-refractivity contribution in [2.75, 3.05) is 13.1 Å². The first-order valence-corrected chi connectivity index (χ1v) is 10.1. The summed E-state index contributed by atoms with van der Waals surface area (Å²) in [6.07, 6.45) is 2.39. The third-order valence-corrected chi connectivity index (χ3v) is 5.56. The van der Waals surface area contributed by atoms with Crippen LogP contribution in [0.25, 0.3) is 11.1 Å². The zero-order valence-corrected chi connectivity index (χ0v) is 16.2. The highest BCUT2D eigenvalue weighted by molar-refractivity contribution is 5.63. The van der Waals surface area contributed by atoms with Gasteiger partial charge in [-0.15, -0.1) is 0 Å². The van der Waals surface area contributed by atoms with Gasteiger partial charge in [0.25, 0.3) is 0 Å². The number of likely N-dealkylation sites (tertiary alicyclic amines) is 1. The minimum atomic E-state index is -0.195. The van der Waals surface area contributed by atoms with Crippen LogP contribution in [0.3, 0.4) is 0 Å². The summed E-state index contributed by atoms with van der Waals surface area (Å²) in [7, 11) is 0. The molecule has 2 nitrogen and oxygen atoms in total. The van der Waals surface area contributed by atoms with Gasteiger partial charge >= 0.3 is 0 Å². The van der Waals surface area contributed by atoms with Crippen molar-refractivity contribution in [2.45, 2.75) is 32.0 Å². The lowest BCUT2D eigenvalue weighted by molar-refractivity contribution is 0.190. The molecule has 1 aliphatic heterocycles. The van der Waals surface area contributed by atoms with Crippen molar-refractivity contribution in [1.29, 1.82) is 0 Å². The monoisotopic (exact) mass is 374 g/mol. The lowest BCUT2D eigenvalue weighted by Gasteiger charge is -2.32. The van der Waals surface area contributed by atoms with Crippen molar-refractivity contribution in [3.05, 3.63) is 95.8 Å². The minimum absolute atomic E-state index is 0.195. The maximum atomic E-state index is 13.1. The third-order valence-electron chi connectivity index (χ3n) is 5.56. The fraction of sp³-hybridized carbons (Fsp3) is 0.280. The van der Waals surface area contributed by atoms with E-state index in [-0.39, 0.29) is 5.82 Å². The lowest BCUT2D eigenvalue weighted by Crippen LogP contribution is -2.41. The number of hydrogen-bond donors (Lipinski definition) is 1. The second-order valence-electron chi connectivity index (χ2n) is 7.62. The molecule has 1 heterocycles. The highest BCUT2D eigenvalue weighted by atomic mass is 19.1. The Bertz CT molecular complexity index is 851. The van der Waals surface area contributed by atoms with Gasteiger partial charge in [0.1, 0.15) is 5.82 Å². The molecule has 1 fully saturated rings. The van der Waals surface area contributed by atoms with E-state index in [2.05, 4.69) is 64.8 Å². The third kappa shape index (κ3) is 5.06. The van der Waals surface area contributed by atoms with E-state index in [9.17, 15) is 4.39 Å². The molecule has 1 saturated heterocycles. The Morgan fingerprint density at radius 1 is 0.750 bits per heavy atom. The van der Waals surface area contributed by atoms with E-state index in [4.69, 9.17) is 0 Å². The van der Waals surface area contributed by atoms with Crippen LogP contribution in [-0.4, -0.2) is 24.0 Å². The highest BCUT2D eigenvalue weighted by Gasteiger charge is 2.18. The van der Waals surface area contributed by atoms with Gasteiger partial charge in [-0.2, -0.15) is 0 Å². The van der Waals surface area contributed by atoms with Crippen LogP contribution in [0, 0.1) is 5.82 Å². The average molecular weight is 375 g/mol. The lowest BCUT2D eigenvalue weighted by atomic mass is 10.0. The molecule has 0 aliphatic carbocycles. The molecule has 0 unspecified atom stereocenters. The van der Waals surface area contributed by atoms with Crippen molar-refractivity contribution in [3.8, 4) is 11.1 Å². The molecule has 0 bridgehead atoms. The minimum Gasteiger partial charge on any atom is -0.310 e. The van der Waals surface area contributed by atoms with Crippen LogP contribution in [0.2, 0.25) is 0 Å². The van der Waals surface area contributed by atoms with Gasteiger partial charge in [0.15, 0.2) is 0 Å². The fourth-order valence-electron chi connectivity index (χ4n) is 3.86. The predicted octanol–water partition coefficient (Wildman–Crippen LogP) is 5.25.